The number of ether oxygens (including phenoxy) is 1. The fraction of sp³-hybridized carbons (Fsp3) is 0.111. The molecule has 17 heavy (non-hydrogen) atoms. The molecular weight excluding hydrogens is 321 g/mol. The summed E-state index contributed by atoms with van der Waals surface area (Å²) < 4.78 is 42.9. The zero-order chi connectivity index (χ0) is 12.5. The van der Waals surface area contributed by atoms with E-state index < -0.39 is 11.7 Å². The van der Waals surface area contributed by atoms with Crippen molar-refractivity contribution < 1.29 is 17.9 Å². The van der Waals surface area contributed by atoms with Gasteiger partial charge in [-0.2, -0.15) is 13.2 Å². The predicted molar refractivity (Wildman–Crippen MR) is 59.1 cm³/mol. The molecule has 0 amide bonds. The second kappa shape index (κ2) is 4.61. The van der Waals surface area contributed by atoms with Crippen molar-refractivity contribution in [2.45, 2.75) is 6.18 Å². The molecule has 2 rings (SSSR count). The Labute approximate surface area is 106 Å². The highest BCUT2D eigenvalue weighted by Gasteiger charge is 2.30. The van der Waals surface area contributed by atoms with Crippen LogP contribution in [0.1, 0.15) is 5.56 Å². The summed E-state index contributed by atoms with van der Waals surface area (Å²) in [5.41, 5.74) is -0.765. The molecule has 0 N–H and O–H groups in total. The molecule has 2 aromatic rings. The van der Waals surface area contributed by atoms with Gasteiger partial charge >= 0.3 is 6.18 Å². The fourth-order valence-corrected chi connectivity index (χ4v) is 2.01. The van der Waals surface area contributed by atoms with Crippen molar-refractivity contribution in [3.8, 4) is 10.9 Å². The lowest BCUT2D eigenvalue weighted by atomic mass is 10.2. The number of alkyl halides is 3. The van der Waals surface area contributed by atoms with E-state index in [-0.39, 0.29) is 10.9 Å². The summed E-state index contributed by atoms with van der Waals surface area (Å²) in [4.78, 5) is 0. The zero-order valence-electron chi connectivity index (χ0n) is 8.03. The van der Waals surface area contributed by atoms with Crippen LogP contribution < -0.4 is 4.74 Å². The first-order valence-electron chi connectivity index (χ1n) is 4.29. The van der Waals surface area contributed by atoms with Gasteiger partial charge in [-0.05, 0) is 45.5 Å². The summed E-state index contributed by atoms with van der Waals surface area (Å²) in [5.74, 6) is 0.0727. The Bertz CT molecular complexity index is 529. The average molecular weight is 325 g/mol. The van der Waals surface area contributed by atoms with E-state index in [1.165, 1.54) is 12.1 Å². The Kier molecular flexibility index (Phi) is 3.34. The van der Waals surface area contributed by atoms with Gasteiger partial charge in [0.25, 0.3) is 5.19 Å². The van der Waals surface area contributed by atoms with Crippen LogP contribution in [0.3, 0.4) is 0 Å². The van der Waals surface area contributed by atoms with E-state index in [9.17, 15) is 13.2 Å². The first-order chi connectivity index (χ1) is 7.95. The smallest absolute Gasteiger partial charge is 0.416 e. The van der Waals surface area contributed by atoms with Gasteiger partial charge in [-0.15, -0.1) is 5.10 Å². The lowest BCUT2D eigenvalue weighted by Crippen LogP contribution is -2.04. The van der Waals surface area contributed by atoms with Crippen LogP contribution in [0.5, 0.6) is 10.9 Å². The Balaban J connectivity index is 2.22. The Morgan fingerprint density at radius 2 is 2.00 bits per heavy atom. The average Bonchev–Trinajstić information content (AvgIpc) is 2.63. The summed E-state index contributed by atoms with van der Waals surface area (Å²) in [5, 5.41) is 7.42. The molecule has 1 aromatic heterocycles. The minimum atomic E-state index is -4.39. The van der Waals surface area contributed by atoms with Gasteiger partial charge in [-0.25, -0.2) is 0 Å². The van der Waals surface area contributed by atoms with E-state index in [2.05, 4.69) is 26.1 Å². The highest BCUT2D eigenvalue weighted by Crippen LogP contribution is 2.33. The Morgan fingerprint density at radius 1 is 1.24 bits per heavy atom. The Hall–Kier alpha value is -1.15. The second-order valence-electron chi connectivity index (χ2n) is 2.95. The highest BCUT2D eigenvalue weighted by atomic mass is 79.9. The minimum Gasteiger partial charge on any atom is -0.430 e. The van der Waals surface area contributed by atoms with Gasteiger partial charge < -0.3 is 4.74 Å². The molecule has 8 heteroatoms. The van der Waals surface area contributed by atoms with Crippen LogP contribution in [-0.4, -0.2) is 10.2 Å². The molecule has 0 spiro atoms. The van der Waals surface area contributed by atoms with E-state index >= 15 is 0 Å². The number of nitrogens with zero attached hydrogens (tertiary/aromatic N) is 2. The van der Waals surface area contributed by atoms with Crippen molar-refractivity contribution >= 4 is 27.3 Å². The van der Waals surface area contributed by atoms with Gasteiger partial charge in [-0.1, -0.05) is 11.2 Å². The monoisotopic (exact) mass is 324 g/mol. The molecule has 0 radical (unpaired) electrons. The Morgan fingerprint density at radius 3 is 2.59 bits per heavy atom. The van der Waals surface area contributed by atoms with Crippen LogP contribution in [-0.2, 0) is 6.18 Å². The minimum absolute atomic E-state index is 0.0727. The summed E-state index contributed by atoms with van der Waals surface area (Å²) in [6.07, 6.45) is -4.39. The maximum Gasteiger partial charge on any atom is 0.416 e. The summed E-state index contributed by atoms with van der Waals surface area (Å²) in [6.45, 7) is 0. The molecule has 0 fully saturated rings. The molecule has 0 bridgehead atoms. The van der Waals surface area contributed by atoms with E-state index in [0.29, 0.717) is 3.92 Å². The van der Waals surface area contributed by atoms with Crippen molar-refractivity contribution in [3.05, 3.63) is 33.7 Å². The van der Waals surface area contributed by atoms with E-state index in [4.69, 9.17) is 4.74 Å². The molecule has 1 aromatic carbocycles. The number of rotatable bonds is 2. The molecule has 0 atom stereocenters. The van der Waals surface area contributed by atoms with Crippen molar-refractivity contribution in [2.24, 2.45) is 0 Å². The van der Waals surface area contributed by atoms with E-state index in [1.54, 1.807) is 0 Å². The van der Waals surface area contributed by atoms with Gasteiger partial charge in [0.1, 0.15) is 5.75 Å². The summed E-state index contributed by atoms with van der Waals surface area (Å²) >= 11 is 4.16. The highest BCUT2D eigenvalue weighted by molar-refractivity contribution is 9.11. The molecule has 1 heterocycles. The van der Waals surface area contributed by atoms with Crippen LogP contribution in [0, 0.1) is 0 Å². The molecule has 0 unspecified atom stereocenters. The van der Waals surface area contributed by atoms with Crippen molar-refractivity contribution in [3.63, 3.8) is 0 Å². The molecule has 0 saturated heterocycles. The number of hydrogen-bond donors (Lipinski definition) is 0. The van der Waals surface area contributed by atoms with Gasteiger partial charge in [0.15, 0.2) is 3.92 Å². The lowest BCUT2D eigenvalue weighted by Gasteiger charge is -2.07. The zero-order valence-corrected chi connectivity index (χ0v) is 10.4. The lowest BCUT2D eigenvalue weighted by molar-refractivity contribution is -0.137. The standard InChI is InChI=1S/C9H4BrF3N2OS/c10-7-14-15-8(17-7)16-6-3-1-2-5(4-6)9(11,12)13/h1-4H. The third kappa shape index (κ3) is 3.16. The first kappa shape index (κ1) is 12.3. The van der Waals surface area contributed by atoms with E-state index in [0.717, 1.165) is 23.5 Å². The summed E-state index contributed by atoms with van der Waals surface area (Å²) in [7, 11) is 0. The molecule has 0 saturated carbocycles. The third-order valence-electron chi connectivity index (χ3n) is 1.75. The molecular formula is C9H4BrF3N2OS. The van der Waals surface area contributed by atoms with Gasteiger partial charge in [0.05, 0.1) is 5.56 Å². The molecule has 0 aliphatic heterocycles. The second-order valence-corrected chi connectivity index (χ2v) is 5.16. The van der Waals surface area contributed by atoms with Crippen LogP contribution in [0.2, 0.25) is 0 Å². The maximum atomic E-state index is 12.4. The van der Waals surface area contributed by atoms with Crippen LogP contribution >= 0.6 is 27.3 Å². The largest absolute Gasteiger partial charge is 0.430 e. The van der Waals surface area contributed by atoms with Crippen molar-refractivity contribution in [1.82, 2.24) is 10.2 Å². The number of benzene rings is 1. The van der Waals surface area contributed by atoms with Crippen LogP contribution in [0.15, 0.2) is 28.2 Å². The fourth-order valence-electron chi connectivity index (χ4n) is 1.07. The summed E-state index contributed by atoms with van der Waals surface area (Å²) in [6, 6.07) is 4.58. The molecule has 0 aliphatic rings. The SMILES string of the molecule is FC(F)(F)c1cccc(Oc2nnc(Br)s2)c1. The van der Waals surface area contributed by atoms with E-state index in [1.807, 2.05) is 0 Å². The van der Waals surface area contributed by atoms with Crippen molar-refractivity contribution in [2.75, 3.05) is 0 Å². The topological polar surface area (TPSA) is 35.0 Å². The molecule has 90 valence electrons. The van der Waals surface area contributed by atoms with Gasteiger partial charge in [0.2, 0.25) is 0 Å². The van der Waals surface area contributed by atoms with Gasteiger partial charge in [-0.3, -0.25) is 0 Å². The number of aromatic nitrogens is 2. The third-order valence-corrected chi connectivity index (χ3v) is 2.98. The van der Waals surface area contributed by atoms with Gasteiger partial charge in [0, 0.05) is 0 Å². The number of hydrogen-bond acceptors (Lipinski definition) is 4. The first-order valence-corrected chi connectivity index (χ1v) is 5.90. The van der Waals surface area contributed by atoms with Crippen LogP contribution in [0.25, 0.3) is 0 Å². The van der Waals surface area contributed by atoms with Crippen LogP contribution in [0.4, 0.5) is 13.2 Å². The van der Waals surface area contributed by atoms with Crippen molar-refractivity contribution in [1.29, 1.82) is 0 Å². The molecule has 0 aliphatic carbocycles. The quantitative estimate of drug-likeness (QED) is 0.833. The normalized spacial score (nSPS) is 11.5. The molecule has 3 nitrogen and oxygen atoms in total. The number of halogens is 4. The maximum absolute atomic E-state index is 12.4. The predicted octanol–water partition coefficient (Wildman–Crippen LogP) is 4.11.